The average molecular weight is 220 g/mol. The molecule has 0 amide bonds. The summed E-state index contributed by atoms with van der Waals surface area (Å²) in [5.41, 5.74) is 7.48. The van der Waals surface area contributed by atoms with Crippen LogP contribution in [0.1, 0.15) is 12.5 Å². The number of para-hydroxylation sites is 1. The Morgan fingerprint density at radius 3 is 2.88 bits per heavy atom. The second-order valence-electron chi connectivity index (χ2n) is 4.45. The summed E-state index contributed by atoms with van der Waals surface area (Å²) in [6.07, 6.45) is 2.90. The lowest BCUT2D eigenvalue weighted by Gasteiger charge is -2.06. The van der Waals surface area contributed by atoms with Gasteiger partial charge in [-0.3, -0.25) is 0 Å². The number of aryl methyl sites for hydroxylation is 1. The summed E-state index contributed by atoms with van der Waals surface area (Å²) in [6, 6.07) is 5.23. The Bertz CT molecular complexity index is 502. The molecule has 1 atom stereocenters. The van der Waals surface area contributed by atoms with Crippen molar-refractivity contribution in [2.45, 2.75) is 13.3 Å². The van der Waals surface area contributed by atoms with Crippen LogP contribution < -0.4 is 5.73 Å². The zero-order valence-corrected chi connectivity index (χ0v) is 9.70. The second kappa shape index (κ2) is 4.26. The van der Waals surface area contributed by atoms with E-state index in [1.807, 2.05) is 23.9 Å². The van der Waals surface area contributed by atoms with Crippen LogP contribution >= 0.6 is 0 Å². The van der Waals surface area contributed by atoms with E-state index in [-0.39, 0.29) is 5.82 Å². The first-order valence-electron chi connectivity index (χ1n) is 5.56. The van der Waals surface area contributed by atoms with Crippen molar-refractivity contribution in [3.8, 4) is 0 Å². The number of nitrogens with two attached hydrogens (primary N) is 1. The third kappa shape index (κ3) is 1.83. The molecule has 0 aliphatic heterocycles. The van der Waals surface area contributed by atoms with Gasteiger partial charge in [-0.1, -0.05) is 19.1 Å². The van der Waals surface area contributed by atoms with Crippen molar-refractivity contribution in [2.24, 2.45) is 18.7 Å². The molecule has 1 heterocycles. The van der Waals surface area contributed by atoms with Crippen LogP contribution in [-0.4, -0.2) is 11.1 Å². The van der Waals surface area contributed by atoms with Crippen molar-refractivity contribution < 1.29 is 4.39 Å². The molecular weight excluding hydrogens is 203 g/mol. The minimum atomic E-state index is -0.161. The van der Waals surface area contributed by atoms with E-state index >= 15 is 0 Å². The molecular formula is C13H17FN2. The summed E-state index contributed by atoms with van der Waals surface area (Å²) in [4.78, 5) is 0. The molecule has 0 aliphatic rings. The standard InChI is InChI=1S/C13H17FN2/c1-9(7-15)6-10-8-16(2)13-11(10)4-3-5-12(13)14/h3-5,8-9H,6-7,15H2,1-2H3. The van der Waals surface area contributed by atoms with E-state index in [1.165, 1.54) is 11.6 Å². The van der Waals surface area contributed by atoms with Gasteiger partial charge in [-0.15, -0.1) is 0 Å². The maximum absolute atomic E-state index is 13.6. The minimum Gasteiger partial charge on any atom is -0.348 e. The first kappa shape index (κ1) is 11.1. The van der Waals surface area contributed by atoms with E-state index in [4.69, 9.17) is 5.73 Å². The Kier molecular flexibility index (Phi) is 2.97. The van der Waals surface area contributed by atoms with Gasteiger partial charge in [0.1, 0.15) is 5.82 Å². The zero-order valence-electron chi connectivity index (χ0n) is 9.70. The lowest BCUT2D eigenvalue weighted by atomic mass is 10.0. The average Bonchev–Trinajstić information content (AvgIpc) is 2.57. The highest BCUT2D eigenvalue weighted by atomic mass is 19.1. The van der Waals surface area contributed by atoms with Gasteiger partial charge in [-0.05, 0) is 30.5 Å². The third-order valence-electron chi connectivity index (χ3n) is 3.01. The predicted molar refractivity (Wildman–Crippen MR) is 64.8 cm³/mol. The van der Waals surface area contributed by atoms with E-state index in [9.17, 15) is 4.39 Å². The van der Waals surface area contributed by atoms with Crippen molar-refractivity contribution >= 4 is 10.9 Å². The fourth-order valence-corrected chi connectivity index (χ4v) is 2.12. The van der Waals surface area contributed by atoms with E-state index in [2.05, 4.69) is 6.92 Å². The van der Waals surface area contributed by atoms with Gasteiger partial charge in [0.05, 0.1) is 5.52 Å². The van der Waals surface area contributed by atoms with Crippen molar-refractivity contribution in [3.05, 3.63) is 35.8 Å². The maximum atomic E-state index is 13.6. The lowest BCUT2D eigenvalue weighted by molar-refractivity contribution is 0.594. The van der Waals surface area contributed by atoms with Crippen LogP contribution in [0.25, 0.3) is 10.9 Å². The molecule has 0 fully saturated rings. The Morgan fingerprint density at radius 2 is 2.19 bits per heavy atom. The molecule has 16 heavy (non-hydrogen) atoms. The number of hydrogen-bond donors (Lipinski definition) is 1. The molecule has 2 N–H and O–H groups in total. The molecule has 2 aromatic rings. The molecule has 0 bridgehead atoms. The molecule has 3 heteroatoms. The van der Waals surface area contributed by atoms with Gasteiger partial charge >= 0.3 is 0 Å². The number of hydrogen-bond acceptors (Lipinski definition) is 1. The van der Waals surface area contributed by atoms with Crippen LogP contribution in [0.3, 0.4) is 0 Å². The number of benzene rings is 1. The smallest absolute Gasteiger partial charge is 0.147 e. The molecule has 86 valence electrons. The van der Waals surface area contributed by atoms with Gasteiger partial charge in [-0.2, -0.15) is 0 Å². The van der Waals surface area contributed by atoms with Gasteiger partial charge in [0.25, 0.3) is 0 Å². The second-order valence-corrected chi connectivity index (χ2v) is 4.45. The summed E-state index contributed by atoms with van der Waals surface area (Å²) < 4.78 is 15.5. The van der Waals surface area contributed by atoms with Crippen LogP contribution in [0.2, 0.25) is 0 Å². The molecule has 0 radical (unpaired) electrons. The van der Waals surface area contributed by atoms with E-state index in [0.29, 0.717) is 18.0 Å². The highest BCUT2D eigenvalue weighted by Crippen LogP contribution is 2.24. The lowest BCUT2D eigenvalue weighted by Crippen LogP contribution is -2.12. The molecule has 2 nitrogen and oxygen atoms in total. The van der Waals surface area contributed by atoms with Crippen molar-refractivity contribution in [3.63, 3.8) is 0 Å². The van der Waals surface area contributed by atoms with Gasteiger partial charge in [0.2, 0.25) is 0 Å². The first-order valence-corrected chi connectivity index (χ1v) is 5.56. The Balaban J connectivity index is 2.51. The predicted octanol–water partition coefficient (Wildman–Crippen LogP) is 2.45. The molecule has 2 rings (SSSR count). The zero-order chi connectivity index (χ0) is 11.7. The van der Waals surface area contributed by atoms with Crippen LogP contribution in [-0.2, 0) is 13.5 Å². The maximum Gasteiger partial charge on any atom is 0.147 e. The molecule has 0 saturated carbocycles. The Hall–Kier alpha value is -1.35. The van der Waals surface area contributed by atoms with Crippen LogP contribution in [0.4, 0.5) is 4.39 Å². The van der Waals surface area contributed by atoms with E-state index in [1.54, 1.807) is 6.07 Å². The highest BCUT2D eigenvalue weighted by Gasteiger charge is 2.11. The third-order valence-corrected chi connectivity index (χ3v) is 3.01. The molecule has 1 aromatic carbocycles. The SMILES string of the molecule is CC(CN)Cc1cn(C)c2c(F)cccc12. The largest absolute Gasteiger partial charge is 0.348 e. The quantitative estimate of drug-likeness (QED) is 0.846. The number of nitrogens with zero attached hydrogens (tertiary/aromatic N) is 1. The first-order chi connectivity index (χ1) is 7.63. The summed E-state index contributed by atoms with van der Waals surface area (Å²) in [5.74, 6) is 0.264. The summed E-state index contributed by atoms with van der Waals surface area (Å²) in [7, 11) is 1.88. The fraction of sp³-hybridized carbons (Fsp3) is 0.385. The molecule has 0 saturated heterocycles. The normalized spacial score (nSPS) is 13.2. The van der Waals surface area contributed by atoms with Gasteiger partial charge in [-0.25, -0.2) is 4.39 Å². The molecule has 1 aromatic heterocycles. The minimum absolute atomic E-state index is 0.161. The number of fused-ring (bicyclic) bond motifs is 1. The van der Waals surface area contributed by atoms with E-state index in [0.717, 1.165) is 11.8 Å². The molecule has 0 spiro atoms. The number of rotatable bonds is 3. The highest BCUT2D eigenvalue weighted by molar-refractivity contribution is 5.84. The summed E-state index contributed by atoms with van der Waals surface area (Å²) in [5, 5.41) is 1.00. The van der Waals surface area contributed by atoms with Crippen molar-refractivity contribution in [1.82, 2.24) is 4.57 Å². The number of aromatic nitrogens is 1. The topological polar surface area (TPSA) is 30.9 Å². The van der Waals surface area contributed by atoms with Crippen LogP contribution in [0.15, 0.2) is 24.4 Å². The van der Waals surface area contributed by atoms with Crippen LogP contribution in [0.5, 0.6) is 0 Å². The van der Waals surface area contributed by atoms with E-state index < -0.39 is 0 Å². The van der Waals surface area contributed by atoms with Gasteiger partial charge in [0.15, 0.2) is 0 Å². The Labute approximate surface area is 94.9 Å². The van der Waals surface area contributed by atoms with Crippen molar-refractivity contribution in [1.29, 1.82) is 0 Å². The summed E-state index contributed by atoms with van der Waals surface area (Å²) >= 11 is 0. The monoisotopic (exact) mass is 220 g/mol. The molecule has 1 unspecified atom stereocenters. The van der Waals surface area contributed by atoms with Gasteiger partial charge < -0.3 is 10.3 Å². The fourth-order valence-electron chi connectivity index (χ4n) is 2.12. The van der Waals surface area contributed by atoms with Crippen molar-refractivity contribution in [2.75, 3.05) is 6.54 Å². The molecule has 0 aliphatic carbocycles. The van der Waals surface area contributed by atoms with Crippen LogP contribution in [0, 0.1) is 11.7 Å². The van der Waals surface area contributed by atoms with Gasteiger partial charge in [0, 0.05) is 18.6 Å². The Morgan fingerprint density at radius 1 is 1.44 bits per heavy atom. The summed E-state index contributed by atoms with van der Waals surface area (Å²) in [6.45, 7) is 2.77. The number of halogens is 1.